The van der Waals surface area contributed by atoms with Gasteiger partial charge >= 0.3 is 0 Å². The van der Waals surface area contributed by atoms with Gasteiger partial charge < -0.3 is 0 Å². The van der Waals surface area contributed by atoms with Crippen molar-refractivity contribution < 1.29 is 4.79 Å². The molecular formula is C16H22O. The summed E-state index contributed by atoms with van der Waals surface area (Å²) in [5.41, 5.74) is 1.23. The van der Waals surface area contributed by atoms with Gasteiger partial charge in [0.1, 0.15) is 5.78 Å². The van der Waals surface area contributed by atoms with Crippen molar-refractivity contribution in [2.45, 2.75) is 46.0 Å². The zero-order valence-electron chi connectivity index (χ0n) is 11.1. The summed E-state index contributed by atoms with van der Waals surface area (Å²) in [5, 5.41) is 0. The molecule has 0 heterocycles. The molecule has 0 saturated heterocycles. The molecule has 1 atom stereocenters. The highest BCUT2D eigenvalue weighted by Gasteiger charge is 2.48. The molecule has 1 saturated carbocycles. The summed E-state index contributed by atoms with van der Waals surface area (Å²) in [6, 6.07) is 10.5. The Balaban J connectivity index is 2.27. The Kier molecular flexibility index (Phi) is 3.37. The number of carbonyl (C=O) groups excluding carboxylic acids is 1. The molecule has 0 N–H and O–H groups in total. The SMILES string of the molecule is CC(C)C(=O)C1([C@@H](C)c2ccccc2)CCC1. The van der Waals surface area contributed by atoms with Gasteiger partial charge in [-0.15, -0.1) is 0 Å². The molecule has 1 aliphatic carbocycles. The Bertz CT molecular complexity index is 387. The molecule has 0 aromatic heterocycles. The standard InChI is InChI=1S/C16H22O/c1-12(2)15(17)16(10-7-11-16)13(3)14-8-5-4-6-9-14/h4-6,8-9,12-13H,7,10-11H2,1-3H3/t13-/m0/s1. The minimum absolute atomic E-state index is 0.0739. The first-order valence-corrected chi connectivity index (χ1v) is 6.67. The third-order valence-electron chi connectivity index (χ3n) is 4.39. The highest BCUT2D eigenvalue weighted by atomic mass is 16.1. The largest absolute Gasteiger partial charge is 0.299 e. The van der Waals surface area contributed by atoms with Crippen molar-refractivity contribution in [3.63, 3.8) is 0 Å². The van der Waals surface area contributed by atoms with E-state index in [1.54, 1.807) is 0 Å². The summed E-state index contributed by atoms with van der Waals surface area (Å²) in [7, 11) is 0. The molecule has 1 aromatic rings. The molecule has 1 fully saturated rings. The fourth-order valence-electron chi connectivity index (χ4n) is 3.09. The van der Waals surface area contributed by atoms with Crippen LogP contribution in [0.5, 0.6) is 0 Å². The van der Waals surface area contributed by atoms with Crippen molar-refractivity contribution in [3.8, 4) is 0 Å². The van der Waals surface area contributed by atoms with Crippen LogP contribution >= 0.6 is 0 Å². The van der Waals surface area contributed by atoms with Crippen molar-refractivity contribution in [1.29, 1.82) is 0 Å². The molecule has 1 nitrogen and oxygen atoms in total. The van der Waals surface area contributed by atoms with Crippen LogP contribution in [0.2, 0.25) is 0 Å². The summed E-state index contributed by atoms with van der Waals surface area (Å²) in [6.45, 7) is 6.27. The van der Waals surface area contributed by atoms with Gasteiger partial charge in [-0.05, 0) is 24.3 Å². The summed E-state index contributed by atoms with van der Waals surface area (Å²) < 4.78 is 0. The quantitative estimate of drug-likeness (QED) is 0.758. The van der Waals surface area contributed by atoms with Gasteiger partial charge in [-0.3, -0.25) is 4.79 Å². The van der Waals surface area contributed by atoms with Crippen LogP contribution in [-0.4, -0.2) is 5.78 Å². The molecule has 0 radical (unpaired) electrons. The molecule has 1 aliphatic rings. The van der Waals surface area contributed by atoms with E-state index >= 15 is 0 Å². The van der Waals surface area contributed by atoms with Crippen molar-refractivity contribution in [2.75, 3.05) is 0 Å². The first-order valence-electron chi connectivity index (χ1n) is 6.67. The van der Waals surface area contributed by atoms with Gasteiger partial charge in [0, 0.05) is 11.3 Å². The Morgan fingerprint density at radius 3 is 2.12 bits per heavy atom. The first-order chi connectivity index (χ1) is 8.08. The number of benzene rings is 1. The fourth-order valence-corrected chi connectivity index (χ4v) is 3.09. The molecule has 17 heavy (non-hydrogen) atoms. The van der Waals surface area contributed by atoms with Crippen LogP contribution in [0.25, 0.3) is 0 Å². The lowest BCUT2D eigenvalue weighted by molar-refractivity contribution is -0.138. The van der Waals surface area contributed by atoms with E-state index in [2.05, 4.69) is 31.2 Å². The van der Waals surface area contributed by atoms with Crippen molar-refractivity contribution in [2.24, 2.45) is 11.3 Å². The number of rotatable bonds is 4. The summed E-state index contributed by atoms with van der Waals surface area (Å²) >= 11 is 0. The molecular weight excluding hydrogens is 208 g/mol. The Labute approximate surface area is 104 Å². The van der Waals surface area contributed by atoms with E-state index in [-0.39, 0.29) is 11.3 Å². The van der Waals surface area contributed by atoms with Crippen LogP contribution in [0.3, 0.4) is 0 Å². The fraction of sp³-hybridized carbons (Fsp3) is 0.562. The lowest BCUT2D eigenvalue weighted by atomic mass is 9.56. The normalized spacial score (nSPS) is 19.8. The Hall–Kier alpha value is -1.11. The molecule has 1 aromatic carbocycles. The maximum Gasteiger partial charge on any atom is 0.142 e. The molecule has 0 aliphatic heterocycles. The highest BCUT2D eigenvalue weighted by Crippen LogP contribution is 2.53. The Morgan fingerprint density at radius 1 is 1.12 bits per heavy atom. The van der Waals surface area contributed by atoms with E-state index in [0.717, 1.165) is 12.8 Å². The number of Topliss-reactive ketones (excluding diaryl/α,β-unsaturated/α-hetero) is 1. The van der Waals surface area contributed by atoms with Crippen LogP contribution in [-0.2, 0) is 4.79 Å². The van der Waals surface area contributed by atoms with Crippen molar-refractivity contribution >= 4 is 5.78 Å². The minimum Gasteiger partial charge on any atom is -0.299 e. The van der Waals surface area contributed by atoms with Gasteiger partial charge in [-0.1, -0.05) is 57.5 Å². The second-order valence-corrected chi connectivity index (χ2v) is 5.66. The van der Waals surface area contributed by atoms with Crippen molar-refractivity contribution in [3.05, 3.63) is 35.9 Å². The molecule has 0 unspecified atom stereocenters. The van der Waals surface area contributed by atoms with Gasteiger partial charge in [-0.25, -0.2) is 0 Å². The molecule has 1 heteroatoms. The van der Waals surface area contributed by atoms with Gasteiger partial charge in [0.2, 0.25) is 0 Å². The molecule has 0 bridgehead atoms. The third kappa shape index (κ3) is 2.03. The van der Waals surface area contributed by atoms with E-state index in [1.165, 1.54) is 12.0 Å². The zero-order valence-corrected chi connectivity index (χ0v) is 11.1. The van der Waals surface area contributed by atoms with E-state index in [0.29, 0.717) is 11.7 Å². The average Bonchev–Trinajstić information content (AvgIpc) is 2.28. The zero-order chi connectivity index (χ0) is 12.5. The highest BCUT2D eigenvalue weighted by molar-refractivity contribution is 5.88. The Morgan fingerprint density at radius 2 is 1.71 bits per heavy atom. The van der Waals surface area contributed by atoms with Crippen LogP contribution < -0.4 is 0 Å². The monoisotopic (exact) mass is 230 g/mol. The summed E-state index contributed by atoms with van der Waals surface area (Å²) in [6.07, 6.45) is 3.34. The van der Waals surface area contributed by atoms with Crippen LogP contribution in [0.15, 0.2) is 30.3 Å². The van der Waals surface area contributed by atoms with E-state index in [9.17, 15) is 4.79 Å². The summed E-state index contributed by atoms with van der Waals surface area (Å²) in [4.78, 5) is 12.5. The smallest absolute Gasteiger partial charge is 0.142 e. The van der Waals surface area contributed by atoms with Gasteiger partial charge in [-0.2, -0.15) is 0 Å². The van der Waals surface area contributed by atoms with Gasteiger partial charge in [0.25, 0.3) is 0 Å². The predicted octanol–water partition coefficient (Wildman–Crippen LogP) is 4.19. The van der Waals surface area contributed by atoms with E-state index < -0.39 is 0 Å². The van der Waals surface area contributed by atoms with Crippen LogP contribution in [0.4, 0.5) is 0 Å². The van der Waals surface area contributed by atoms with E-state index in [1.807, 2.05) is 19.9 Å². The summed E-state index contributed by atoms with van der Waals surface area (Å²) in [5.74, 6) is 0.967. The second-order valence-electron chi connectivity index (χ2n) is 5.66. The minimum atomic E-state index is -0.0739. The number of carbonyl (C=O) groups is 1. The van der Waals surface area contributed by atoms with E-state index in [4.69, 9.17) is 0 Å². The third-order valence-corrected chi connectivity index (χ3v) is 4.39. The first kappa shape index (κ1) is 12.3. The second kappa shape index (κ2) is 4.64. The lowest BCUT2D eigenvalue weighted by Gasteiger charge is -2.46. The molecule has 2 rings (SSSR count). The van der Waals surface area contributed by atoms with Gasteiger partial charge in [0.05, 0.1) is 0 Å². The lowest BCUT2D eigenvalue weighted by Crippen LogP contribution is -2.44. The molecule has 0 amide bonds. The molecule has 92 valence electrons. The predicted molar refractivity (Wildman–Crippen MR) is 71.0 cm³/mol. The van der Waals surface area contributed by atoms with Crippen LogP contribution in [0, 0.1) is 11.3 Å². The topological polar surface area (TPSA) is 17.1 Å². The average molecular weight is 230 g/mol. The van der Waals surface area contributed by atoms with Gasteiger partial charge in [0.15, 0.2) is 0 Å². The number of hydrogen-bond donors (Lipinski definition) is 0. The maximum absolute atomic E-state index is 12.5. The maximum atomic E-state index is 12.5. The number of ketones is 1. The number of hydrogen-bond acceptors (Lipinski definition) is 1. The van der Waals surface area contributed by atoms with Crippen LogP contribution in [0.1, 0.15) is 51.5 Å². The molecule has 0 spiro atoms. The van der Waals surface area contributed by atoms with Crippen molar-refractivity contribution in [1.82, 2.24) is 0 Å².